The maximum atomic E-state index is 12.5. The molecule has 0 aliphatic rings. The Balaban J connectivity index is 1.62. The standard InChI is InChI=1S/C23H30N4O4/c1-14-18(15(2)25-22-21(14)23(31-6)26-27(22)3)9-10-20(28)24-12-11-16-7-8-17(29-4)13-19(16)30-5/h7-8,13H,9-12H2,1-6H3,(H,24,28). The van der Waals surface area contributed by atoms with E-state index in [9.17, 15) is 4.79 Å². The summed E-state index contributed by atoms with van der Waals surface area (Å²) in [5, 5.41) is 8.27. The van der Waals surface area contributed by atoms with Crippen LogP contribution in [0.5, 0.6) is 17.4 Å². The van der Waals surface area contributed by atoms with Gasteiger partial charge in [-0.2, -0.15) is 0 Å². The third kappa shape index (κ3) is 4.73. The largest absolute Gasteiger partial charge is 0.497 e. The van der Waals surface area contributed by atoms with E-state index >= 15 is 0 Å². The highest BCUT2D eigenvalue weighted by molar-refractivity contribution is 5.86. The van der Waals surface area contributed by atoms with Gasteiger partial charge < -0.3 is 19.5 Å². The van der Waals surface area contributed by atoms with Gasteiger partial charge in [-0.25, -0.2) is 9.67 Å². The molecule has 0 aliphatic heterocycles. The van der Waals surface area contributed by atoms with E-state index in [1.54, 1.807) is 26.0 Å². The van der Waals surface area contributed by atoms with Crippen molar-refractivity contribution < 1.29 is 19.0 Å². The van der Waals surface area contributed by atoms with Crippen LogP contribution >= 0.6 is 0 Å². The summed E-state index contributed by atoms with van der Waals surface area (Å²) in [5.74, 6) is 2.06. The van der Waals surface area contributed by atoms with Crippen LogP contribution in [0, 0.1) is 13.8 Å². The smallest absolute Gasteiger partial charge is 0.242 e. The van der Waals surface area contributed by atoms with E-state index < -0.39 is 0 Å². The van der Waals surface area contributed by atoms with Gasteiger partial charge >= 0.3 is 0 Å². The van der Waals surface area contributed by atoms with E-state index in [2.05, 4.69) is 15.4 Å². The van der Waals surface area contributed by atoms with Gasteiger partial charge in [0.05, 0.1) is 26.7 Å². The molecule has 1 amide bonds. The molecule has 1 aromatic carbocycles. The fourth-order valence-corrected chi connectivity index (χ4v) is 3.83. The maximum absolute atomic E-state index is 12.5. The lowest BCUT2D eigenvalue weighted by Crippen LogP contribution is -2.26. The van der Waals surface area contributed by atoms with Gasteiger partial charge in [0.15, 0.2) is 5.65 Å². The molecule has 31 heavy (non-hydrogen) atoms. The van der Waals surface area contributed by atoms with E-state index in [1.165, 1.54) is 0 Å². The molecule has 8 nitrogen and oxygen atoms in total. The van der Waals surface area contributed by atoms with Crippen molar-refractivity contribution in [3.63, 3.8) is 0 Å². The molecule has 0 unspecified atom stereocenters. The summed E-state index contributed by atoms with van der Waals surface area (Å²) >= 11 is 0. The molecular formula is C23H30N4O4. The molecule has 0 fully saturated rings. The van der Waals surface area contributed by atoms with E-state index in [-0.39, 0.29) is 5.91 Å². The molecule has 0 atom stereocenters. The van der Waals surface area contributed by atoms with Crippen molar-refractivity contribution in [3.05, 3.63) is 40.6 Å². The third-order valence-electron chi connectivity index (χ3n) is 5.53. The average Bonchev–Trinajstić information content (AvgIpc) is 3.09. The summed E-state index contributed by atoms with van der Waals surface area (Å²) in [5.41, 5.74) is 4.84. The zero-order chi connectivity index (χ0) is 22.5. The molecule has 0 spiro atoms. The SMILES string of the molecule is COc1ccc(CCNC(=O)CCc2c(C)nc3c(c(OC)nn3C)c2C)c(OC)c1. The van der Waals surface area contributed by atoms with Crippen molar-refractivity contribution >= 4 is 16.9 Å². The fraction of sp³-hybridized carbons (Fsp3) is 0.435. The molecule has 3 aromatic rings. The summed E-state index contributed by atoms with van der Waals surface area (Å²) in [6.45, 7) is 4.53. The van der Waals surface area contributed by atoms with E-state index in [1.807, 2.05) is 39.1 Å². The van der Waals surface area contributed by atoms with Gasteiger partial charge in [-0.3, -0.25) is 4.79 Å². The molecule has 0 saturated carbocycles. The second kappa shape index (κ2) is 9.68. The number of hydrogen-bond donors (Lipinski definition) is 1. The summed E-state index contributed by atoms with van der Waals surface area (Å²) in [6.07, 6.45) is 1.67. The zero-order valence-corrected chi connectivity index (χ0v) is 19.0. The molecule has 2 heterocycles. The number of nitrogens with one attached hydrogen (secondary N) is 1. The van der Waals surface area contributed by atoms with Crippen molar-refractivity contribution in [1.29, 1.82) is 0 Å². The van der Waals surface area contributed by atoms with Crippen molar-refractivity contribution in [1.82, 2.24) is 20.1 Å². The summed E-state index contributed by atoms with van der Waals surface area (Å²) in [6, 6.07) is 5.69. The molecule has 0 bridgehead atoms. The number of aryl methyl sites for hydroxylation is 3. The first-order valence-corrected chi connectivity index (χ1v) is 10.2. The van der Waals surface area contributed by atoms with Gasteiger partial charge in [0.1, 0.15) is 11.5 Å². The number of carbonyl (C=O) groups is 1. The van der Waals surface area contributed by atoms with Crippen LogP contribution in [0.15, 0.2) is 18.2 Å². The van der Waals surface area contributed by atoms with Crippen LogP contribution in [-0.2, 0) is 24.7 Å². The van der Waals surface area contributed by atoms with Gasteiger partial charge in [0.2, 0.25) is 11.8 Å². The van der Waals surface area contributed by atoms with Crippen LogP contribution in [0.4, 0.5) is 0 Å². The van der Waals surface area contributed by atoms with Crippen molar-refractivity contribution in [2.75, 3.05) is 27.9 Å². The number of carbonyl (C=O) groups excluding carboxylic acids is 1. The molecule has 2 aromatic heterocycles. The highest BCUT2D eigenvalue weighted by atomic mass is 16.5. The number of aromatic nitrogens is 3. The minimum Gasteiger partial charge on any atom is -0.497 e. The number of ether oxygens (including phenoxy) is 3. The molecule has 166 valence electrons. The number of amides is 1. The van der Waals surface area contributed by atoms with Crippen molar-refractivity contribution in [2.24, 2.45) is 7.05 Å². The average molecular weight is 427 g/mol. The summed E-state index contributed by atoms with van der Waals surface area (Å²) < 4.78 is 17.8. The van der Waals surface area contributed by atoms with Crippen LogP contribution in [0.3, 0.4) is 0 Å². The Labute approximate surface area is 182 Å². The lowest BCUT2D eigenvalue weighted by Gasteiger charge is -2.12. The monoisotopic (exact) mass is 426 g/mol. The highest BCUT2D eigenvalue weighted by Gasteiger charge is 2.18. The molecule has 1 N–H and O–H groups in total. The quantitative estimate of drug-likeness (QED) is 0.566. The fourth-order valence-electron chi connectivity index (χ4n) is 3.83. The van der Waals surface area contributed by atoms with Crippen LogP contribution in [-0.4, -0.2) is 48.5 Å². The Morgan fingerprint density at radius 2 is 1.87 bits per heavy atom. The molecular weight excluding hydrogens is 396 g/mol. The first kappa shape index (κ1) is 22.4. The van der Waals surface area contributed by atoms with Gasteiger partial charge in [-0.1, -0.05) is 6.07 Å². The number of rotatable bonds is 9. The lowest BCUT2D eigenvalue weighted by molar-refractivity contribution is -0.121. The number of nitrogens with zero attached hydrogens (tertiary/aromatic N) is 3. The second-order valence-electron chi connectivity index (χ2n) is 7.41. The van der Waals surface area contributed by atoms with E-state index in [0.29, 0.717) is 31.7 Å². The van der Waals surface area contributed by atoms with Crippen LogP contribution in [0.2, 0.25) is 0 Å². The van der Waals surface area contributed by atoms with Crippen LogP contribution in [0.1, 0.15) is 28.8 Å². The third-order valence-corrected chi connectivity index (χ3v) is 5.53. The Kier molecular flexibility index (Phi) is 6.99. The van der Waals surface area contributed by atoms with Gasteiger partial charge in [-0.15, -0.1) is 5.10 Å². The summed E-state index contributed by atoms with van der Waals surface area (Å²) in [7, 11) is 6.70. The predicted molar refractivity (Wildman–Crippen MR) is 119 cm³/mol. The minimum absolute atomic E-state index is 0.00419. The number of methoxy groups -OCH3 is 3. The Morgan fingerprint density at radius 3 is 2.55 bits per heavy atom. The van der Waals surface area contributed by atoms with Crippen molar-refractivity contribution in [3.8, 4) is 17.4 Å². The van der Waals surface area contributed by atoms with Gasteiger partial charge in [-0.05, 0) is 49.4 Å². The lowest BCUT2D eigenvalue weighted by atomic mass is 10.00. The maximum Gasteiger partial charge on any atom is 0.242 e. The van der Waals surface area contributed by atoms with E-state index in [4.69, 9.17) is 14.2 Å². The number of benzene rings is 1. The number of fused-ring (bicyclic) bond motifs is 1. The van der Waals surface area contributed by atoms with Crippen LogP contribution in [0.25, 0.3) is 11.0 Å². The first-order valence-electron chi connectivity index (χ1n) is 10.2. The minimum atomic E-state index is 0.00419. The normalized spacial score (nSPS) is 10.9. The van der Waals surface area contributed by atoms with Crippen molar-refractivity contribution in [2.45, 2.75) is 33.1 Å². The molecule has 0 aliphatic carbocycles. The Bertz CT molecular complexity index is 1090. The van der Waals surface area contributed by atoms with Gasteiger partial charge in [0.25, 0.3) is 0 Å². The van der Waals surface area contributed by atoms with Crippen LogP contribution < -0.4 is 19.5 Å². The predicted octanol–water partition coefficient (Wildman–Crippen LogP) is 2.90. The molecule has 8 heteroatoms. The number of hydrogen-bond acceptors (Lipinski definition) is 6. The molecule has 3 rings (SSSR count). The topological polar surface area (TPSA) is 87.5 Å². The first-order chi connectivity index (χ1) is 14.9. The van der Waals surface area contributed by atoms with E-state index in [0.717, 1.165) is 44.9 Å². The zero-order valence-electron chi connectivity index (χ0n) is 19.0. The summed E-state index contributed by atoms with van der Waals surface area (Å²) in [4.78, 5) is 17.1. The Hall–Kier alpha value is -3.29. The molecule has 0 radical (unpaired) electrons. The Morgan fingerprint density at radius 1 is 1.10 bits per heavy atom. The second-order valence-corrected chi connectivity index (χ2v) is 7.41. The van der Waals surface area contributed by atoms with Gasteiger partial charge in [0, 0.05) is 31.8 Å². The number of pyridine rings is 1. The molecule has 0 saturated heterocycles. The highest BCUT2D eigenvalue weighted by Crippen LogP contribution is 2.30.